The molecule has 0 unspecified atom stereocenters. The van der Waals surface area contributed by atoms with Crippen LogP contribution in [0.5, 0.6) is 11.5 Å². The first-order valence-electron chi connectivity index (χ1n) is 9.71. The number of fused-ring (bicyclic) bond motifs is 1. The minimum Gasteiger partial charge on any atom is -0.454 e. The third-order valence-corrected chi connectivity index (χ3v) is 4.94. The van der Waals surface area contributed by atoms with Gasteiger partial charge in [-0.05, 0) is 43.7 Å². The molecule has 28 heavy (non-hydrogen) atoms. The third-order valence-electron chi connectivity index (χ3n) is 4.94. The first kappa shape index (κ1) is 18.6. The van der Waals surface area contributed by atoms with Crippen LogP contribution < -0.4 is 14.8 Å². The van der Waals surface area contributed by atoms with Crippen LogP contribution in [0.3, 0.4) is 0 Å². The minimum atomic E-state index is -0.00450. The third kappa shape index (κ3) is 4.20. The van der Waals surface area contributed by atoms with E-state index >= 15 is 0 Å². The Hall–Kier alpha value is -2.80. The molecule has 0 radical (unpaired) electrons. The second-order valence-corrected chi connectivity index (χ2v) is 7.48. The summed E-state index contributed by atoms with van der Waals surface area (Å²) in [5, 5.41) is 3.32. The molecule has 1 saturated heterocycles. The smallest absolute Gasteiger partial charge is 0.272 e. The summed E-state index contributed by atoms with van der Waals surface area (Å²) in [6.07, 6.45) is 1.69. The molecule has 3 heterocycles. The number of ether oxygens (including phenoxy) is 2. The summed E-state index contributed by atoms with van der Waals surface area (Å²) in [5.74, 6) is 1.61. The summed E-state index contributed by atoms with van der Waals surface area (Å²) in [5.41, 5.74) is 2.61. The van der Waals surface area contributed by atoms with Crippen molar-refractivity contribution in [3.63, 3.8) is 0 Å². The van der Waals surface area contributed by atoms with Gasteiger partial charge in [-0.1, -0.05) is 6.07 Å². The lowest BCUT2D eigenvalue weighted by atomic mass is 10.1. The largest absolute Gasteiger partial charge is 0.454 e. The van der Waals surface area contributed by atoms with Crippen molar-refractivity contribution in [2.45, 2.75) is 26.4 Å². The van der Waals surface area contributed by atoms with Gasteiger partial charge in [0, 0.05) is 50.6 Å². The number of benzene rings is 1. The number of aromatic nitrogens is 1. The van der Waals surface area contributed by atoms with Gasteiger partial charge in [0.25, 0.3) is 5.91 Å². The van der Waals surface area contributed by atoms with Gasteiger partial charge in [0.05, 0.1) is 0 Å². The lowest BCUT2D eigenvalue weighted by molar-refractivity contribution is 0.0623. The zero-order chi connectivity index (χ0) is 19.5. The van der Waals surface area contributed by atoms with Gasteiger partial charge < -0.3 is 19.7 Å². The molecule has 2 aliphatic heterocycles. The van der Waals surface area contributed by atoms with E-state index in [1.807, 2.05) is 29.2 Å². The molecule has 4 rings (SSSR count). The van der Waals surface area contributed by atoms with Crippen LogP contribution in [0.1, 0.15) is 29.9 Å². The zero-order valence-corrected chi connectivity index (χ0v) is 16.4. The molecule has 0 spiro atoms. The fourth-order valence-electron chi connectivity index (χ4n) is 3.54. The first-order chi connectivity index (χ1) is 13.6. The molecule has 2 aromatic rings. The van der Waals surface area contributed by atoms with Gasteiger partial charge in [-0.2, -0.15) is 0 Å². The molecule has 0 saturated carbocycles. The number of carbonyl (C=O) groups excluding carboxylic acids is 1. The summed E-state index contributed by atoms with van der Waals surface area (Å²) in [6.45, 7) is 8.35. The van der Waals surface area contributed by atoms with Crippen molar-refractivity contribution in [2.24, 2.45) is 0 Å². The van der Waals surface area contributed by atoms with Gasteiger partial charge in [-0.15, -0.1) is 0 Å². The number of nitrogens with one attached hydrogen (secondary N) is 1. The second-order valence-electron chi connectivity index (χ2n) is 7.48. The summed E-state index contributed by atoms with van der Waals surface area (Å²) in [7, 11) is 0. The van der Waals surface area contributed by atoms with Crippen LogP contribution in [-0.2, 0) is 6.54 Å². The molecule has 0 atom stereocenters. The number of amides is 1. The van der Waals surface area contributed by atoms with E-state index < -0.39 is 0 Å². The summed E-state index contributed by atoms with van der Waals surface area (Å²) >= 11 is 0. The summed E-state index contributed by atoms with van der Waals surface area (Å²) in [6, 6.07) is 10.1. The monoisotopic (exact) mass is 382 g/mol. The predicted molar refractivity (Wildman–Crippen MR) is 107 cm³/mol. The quantitative estimate of drug-likeness (QED) is 0.857. The Bertz CT molecular complexity index is 847. The van der Waals surface area contributed by atoms with E-state index in [-0.39, 0.29) is 5.91 Å². The molecule has 1 N–H and O–H groups in total. The van der Waals surface area contributed by atoms with E-state index in [9.17, 15) is 4.79 Å². The number of hydrogen-bond acceptors (Lipinski definition) is 6. The Morgan fingerprint density at radius 2 is 1.89 bits per heavy atom. The van der Waals surface area contributed by atoms with E-state index in [0.29, 0.717) is 31.6 Å². The lowest BCUT2D eigenvalue weighted by Gasteiger charge is -2.34. The number of rotatable bonds is 5. The molecule has 0 bridgehead atoms. The Labute approximate surface area is 165 Å². The molecule has 1 aromatic heterocycles. The van der Waals surface area contributed by atoms with E-state index in [0.717, 1.165) is 36.8 Å². The molecule has 1 aromatic carbocycles. The van der Waals surface area contributed by atoms with Crippen molar-refractivity contribution < 1.29 is 14.3 Å². The van der Waals surface area contributed by atoms with Crippen molar-refractivity contribution in [1.29, 1.82) is 0 Å². The van der Waals surface area contributed by atoms with E-state index in [1.165, 1.54) is 5.56 Å². The van der Waals surface area contributed by atoms with Crippen molar-refractivity contribution in [3.05, 3.63) is 47.8 Å². The topological polar surface area (TPSA) is 66.9 Å². The molecule has 7 nitrogen and oxygen atoms in total. The molecule has 148 valence electrons. The molecular weight excluding hydrogens is 356 g/mol. The maximum atomic E-state index is 12.8. The minimum absolute atomic E-state index is 0.00450. The lowest BCUT2D eigenvalue weighted by Crippen LogP contribution is -2.48. The number of pyridine rings is 1. The van der Waals surface area contributed by atoms with Crippen LogP contribution >= 0.6 is 0 Å². The summed E-state index contributed by atoms with van der Waals surface area (Å²) in [4.78, 5) is 21.3. The van der Waals surface area contributed by atoms with E-state index in [4.69, 9.17) is 9.47 Å². The van der Waals surface area contributed by atoms with E-state index in [1.54, 1.807) is 6.20 Å². The normalized spacial score (nSPS) is 16.5. The van der Waals surface area contributed by atoms with Gasteiger partial charge in [0.2, 0.25) is 6.79 Å². The fourth-order valence-corrected chi connectivity index (χ4v) is 3.54. The Kier molecular flexibility index (Phi) is 5.34. The maximum absolute atomic E-state index is 12.8. The number of piperazine rings is 1. The average Bonchev–Trinajstić information content (AvgIpc) is 3.15. The summed E-state index contributed by atoms with van der Waals surface area (Å²) < 4.78 is 10.8. The van der Waals surface area contributed by atoms with Gasteiger partial charge in [0.1, 0.15) is 5.69 Å². The van der Waals surface area contributed by atoms with Gasteiger partial charge in [-0.3, -0.25) is 14.7 Å². The maximum Gasteiger partial charge on any atom is 0.272 e. The Morgan fingerprint density at radius 3 is 2.68 bits per heavy atom. The van der Waals surface area contributed by atoms with Crippen molar-refractivity contribution >= 4 is 11.6 Å². The first-order valence-corrected chi connectivity index (χ1v) is 9.71. The van der Waals surface area contributed by atoms with Gasteiger partial charge in [-0.25, -0.2) is 0 Å². The zero-order valence-electron chi connectivity index (χ0n) is 16.4. The van der Waals surface area contributed by atoms with Crippen LogP contribution in [0.4, 0.5) is 5.69 Å². The molecular formula is C21H26N4O3. The van der Waals surface area contributed by atoms with Crippen LogP contribution in [0, 0.1) is 0 Å². The second kappa shape index (κ2) is 8.06. The number of hydrogen-bond donors (Lipinski definition) is 1. The van der Waals surface area contributed by atoms with Crippen molar-refractivity contribution in [2.75, 3.05) is 38.3 Å². The predicted octanol–water partition coefficient (Wildman–Crippen LogP) is 2.59. The molecule has 2 aliphatic rings. The molecule has 1 amide bonds. The molecule has 0 aliphatic carbocycles. The van der Waals surface area contributed by atoms with Crippen molar-refractivity contribution in [1.82, 2.24) is 14.8 Å². The van der Waals surface area contributed by atoms with Crippen molar-refractivity contribution in [3.8, 4) is 11.5 Å². The van der Waals surface area contributed by atoms with Crippen LogP contribution in [0.15, 0.2) is 36.5 Å². The fraction of sp³-hybridized carbons (Fsp3) is 0.429. The highest BCUT2D eigenvalue weighted by Crippen LogP contribution is 2.32. The SMILES string of the molecule is CC(C)Nc1ccnc(C(=O)N2CCN(Cc3ccc4c(c3)OCO4)CC2)c1. The molecule has 1 fully saturated rings. The number of carbonyl (C=O) groups is 1. The van der Waals surface area contributed by atoms with Crippen LogP contribution in [0.25, 0.3) is 0 Å². The number of anilines is 1. The Balaban J connectivity index is 1.33. The number of nitrogens with zero attached hydrogens (tertiary/aromatic N) is 3. The van der Waals surface area contributed by atoms with E-state index in [2.05, 4.69) is 35.1 Å². The average molecular weight is 382 g/mol. The van der Waals surface area contributed by atoms with Gasteiger partial charge >= 0.3 is 0 Å². The highest BCUT2D eigenvalue weighted by molar-refractivity contribution is 5.93. The highest BCUT2D eigenvalue weighted by Gasteiger charge is 2.24. The van der Waals surface area contributed by atoms with Crippen LogP contribution in [0.2, 0.25) is 0 Å². The van der Waals surface area contributed by atoms with Crippen LogP contribution in [-0.4, -0.2) is 59.7 Å². The molecule has 7 heteroatoms. The highest BCUT2D eigenvalue weighted by atomic mass is 16.7. The Morgan fingerprint density at radius 1 is 1.11 bits per heavy atom. The van der Waals surface area contributed by atoms with Gasteiger partial charge in [0.15, 0.2) is 11.5 Å². The standard InChI is InChI=1S/C21H26N4O3/c1-15(2)23-17-5-6-22-18(12-17)21(26)25-9-7-24(8-10-25)13-16-3-4-19-20(11-16)28-14-27-19/h3-6,11-12,15H,7-10,13-14H2,1-2H3,(H,22,23).